The van der Waals surface area contributed by atoms with Crippen LogP contribution in [0.15, 0.2) is 237 Å². The molecule has 276 valence electrons. The molecule has 59 heavy (non-hydrogen) atoms. The Morgan fingerprint density at radius 1 is 0.203 bits per heavy atom. The Bertz CT molecular complexity index is 3300. The van der Waals surface area contributed by atoms with Gasteiger partial charge in [0.1, 0.15) is 0 Å². The molecule has 11 aromatic rings. The van der Waals surface area contributed by atoms with Gasteiger partial charge in [-0.25, -0.2) is 0 Å². The van der Waals surface area contributed by atoms with E-state index in [1.165, 1.54) is 87.6 Å². The highest BCUT2D eigenvalue weighted by Gasteiger charge is 2.19. The summed E-state index contributed by atoms with van der Waals surface area (Å²) in [6.07, 6.45) is 0. The van der Waals surface area contributed by atoms with Gasteiger partial charge in [0, 0.05) is 17.1 Å². The van der Waals surface area contributed by atoms with Gasteiger partial charge in [-0.3, -0.25) is 0 Å². The fourth-order valence-electron chi connectivity index (χ4n) is 8.92. The number of benzene rings is 11. The molecule has 0 atom stereocenters. The van der Waals surface area contributed by atoms with Crippen LogP contribution in [0.2, 0.25) is 0 Å². The second kappa shape index (κ2) is 14.6. The van der Waals surface area contributed by atoms with Crippen molar-refractivity contribution in [1.29, 1.82) is 0 Å². The van der Waals surface area contributed by atoms with E-state index in [9.17, 15) is 0 Å². The van der Waals surface area contributed by atoms with Gasteiger partial charge in [0.2, 0.25) is 0 Å². The lowest BCUT2D eigenvalue weighted by atomic mass is 9.90. The Labute approximate surface area is 344 Å². The van der Waals surface area contributed by atoms with Crippen molar-refractivity contribution in [3.05, 3.63) is 237 Å². The molecular weight excluding hydrogens is 711 g/mol. The van der Waals surface area contributed by atoms with Crippen molar-refractivity contribution in [1.82, 2.24) is 0 Å². The zero-order valence-corrected chi connectivity index (χ0v) is 32.5. The summed E-state index contributed by atoms with van der Waals surface area (Å²) in [5.74, 6) is 0. The van der Waals surface area contributed by atoms with Crippen molar-refractivity contribution in [3.8, 4) is 44.5 Å². The molecule has 0 amide bonds. The molecule has 0 spiro atoms. The monoisotopic (exact) mass is 749 g/mol. The standard InChI is InChI=1S/C58H39N/c1-2-12-40(13-3-1)41-24-26-46(27-25-41)58-39-50(36-37-56(58)55-23-11-18-43-15-5-8-20-53(43)55)59(49-35-32-47-29-28-44-16-6-9-21-54(44)57(47)38-49)48-33-30-45(31-34-48)52-22-10-17-42-14-4-7-19-51(42)52/h1-39H. The highest BCUT2D eigenvalue weighted by atomic mass is 15.1. The van der Waals surface area contributed by atoms with Gasteiger partial charge in [0.25, 0.3) is 0 Å². The van der Waals surface area contributed by atoms with Crippen molar-refractivity contribution in [2.45, 2.75) is 0 Å². The van der Waals surface area contributed by atoms with Crippen LogP contribution in [0.3, 0.4) is 0 Å². The molecule has 0 bridgehead atoms. The number of hydrogen-bond acceptors (Lipinski definition) is 1. The number of rotatable bonds is 7. The third kappa shape index (κ3) is 6.30. The SMILES string of the molecule is c1ccc(-c2ccc(-c3cc(N(c4ccc(-c5cccc6ccccc56)cc4)c4ccc5ccc6ccccc6c5c4)ccc3-c3cccc4ccccc34)cc2)cc1. The minimum absolute atomic E-state index is 1.09. The maximum Gasteiger partial charge on any atom is 0.0468 e. The zero-order chi connectivity index (χ0) is 39.1. The summed E-state index contributed by atoms with van der Waals surface area (Å²) in [7, 11) is 0. The van der Waals surface area contributed by atoms with E-state index in [4.69, 9.17) is 0 Å². The first-order valence-corrected chi connectivity index (χ1v) is 20.3. The number of nitrogens with zero attached hydrogens (tertiary/aromatic N) is 1. The maximum absolute atomic E-state index is 2.42. The summed E-state index contributed by atoms with van der Waals surface area (Å²) >= 11 is 0. The maximum atomic E-state index is 2.42. The van der Waals surface area contributed by atoms with Crippen molar-refractivity contribution < 1.29 is 0 Å². The van der Waals surface area contributed by atoms with E-state index in [2.05, 4.69) is 241 Å². The first kappa shape index (κ1) is 34.5. The number of anilines is 3. The lowest BCUT2D eigenvalue weighted by Crippen LogP contribution is -2.10. The fraction of sp³-hybridized carbons (Fsp3) is 0. The highest BCUT2D eigenvalue weighted by molar-refractivity contribution is 6.09. The van der Waals surface area contributed by atoms with Crippen LogP contribution in [0.25, 0.3) is 87.6 Å². The Morgan fingerprint density at radius 3 is 1.36 bits per heavy atom. The van der Waals surface area contributed by atoms with E-state index in [0.717, 1.165) is 17.1 Å². The number of hydrogen-bond donors (Lipinski definition) is 0. The summed E-state index contributed by atoms with van der Waals surface area (Å²) in [4.78, 5) is 2.42. The first-order chi connectivity index (χ1) is 29.2. The lowest BCUT2D eigenvalue weighted by molar-refractivity contribution is 1.29. The van der Waals surface area contributed by atoms with E-state index in [0.29, 0.717) is 0 Å². The smallest absolute Gasteiger partial charge is 0.0468 e. The molecule has 0 heterocycles. The summed E-state index contributed by atoms with van der Waals surface area (Å²) < 4.78 is 0. The largest absolute Gasteiger partial charge is 0.310 e. The molecule has 0 aliphatic carbocycles. The third-order valence-electron chi connectivity index (χ3n) is 11.9. The van der Waals surface area contributed by atoms with Gasteiger partial charge < -0.3 is 4.90 Å². The molecule has 0 fully saturated rings. The fourth-order valence-corrected chi connectivity index (χ4v) is 8.92. The molecule has 1 heteroatoms. The van der Waals surface area contributed by atoms with Crippen LogP contribution in [0.1, 0.15) is 0 Å². The van der Waals surface area contributed by atoms with Crippen LogP contribution in [0.4, 0.5) is 17.1 Å². The van der Waals surface area contributed by atoms with Gasteiger partial charge in [0.15, 0.2) is 0 Å². The summed E-state index contributed by atoms with van der Waals surface area (Å²) in [5.41, 5.74) is 12.9. The number of fused-ring (bicyclic) bond motifs is 5. The second-order valence-corrected chi connectivity index (χ2v) is 15.3. The molecule has 0 radical (unpaired) electrons. The van der Waals surface area contributed by atoms with Crippen molar-refractivity contribution in [2.24, 2.45) is 0 Å². The Balaban J connectivity index is 1.12. The van der Waals surface area contributed by atoms with Crippen LogP contribution in [0, 0.1) is 0 Å². The van der Waals surface area contributed by atoms with Gasteiger partial charge in [-0.15, -0.1) is 0 Å². The molecule has 1 nitrogen and oxygen atoms in total. The highest BCUT2D eigenvalue weighted by Crippen LogP contribution is 2.44. The van der Waals surface area contributed by atoms with E-state index >= 15 is 0 Å². The van der Waals surface area contributed by atoms with Crippen LogP contribution in [-0.2, 0) is 0 Å². The van der Waals surface area contributed by atoms with E-state index in [-0.39, 0.29) is 0 Å². The summed E-state index contributed by atoms with van der Waals surface area (Å²) in [6.45, 7) is 0. The zero-order valence-electron chi connectivity index (χ0n) is 32.5. The predicted molar refractivity (Wildman–Crippen MR) is 253 cm³/mol. The molecule has 0 aliphatic rings. The van der Waals surface area contributed by atoms with Crippen LogP contribution < -0.4 is 4.90 Å². The molecule has 11 rings (SSSR count). The van der Waals surface area contributed by atoms with Gasteiger partial charge in [-0.1, -0.05) is 200 Å². The lowest BCUT2D eigenvalue weighted by Gasteiger charge is -2.27. The Kier molecular flexibility index (Phi) is 8.56. The first-order valence-electron chi connectivity index (χ1n) is 20.3. The summed E-state index contributed by atoms with van der Waals surface area (Å²) in [6, 6.07) is 86.4. The minimum Gasteiger partial charge on any atom is -0.310 e. The van der Waals surface area contributed by atoms with Gasteiger partial charge in [-0.2, -0.15) is 0 Å². The molecule has 0 saturated carbocycles. The van der Waals surface area contributed by atoms with Gasteiger partial charge in [-0.05, 0) is 124 Å². The van der Waals surface area contributed by atoms with Gasteiger partial charge in [0.05, 0.1) is 0 Å². The van der Waals surface area contributed by atoms with Crippen LogP contribution in [-0.4, -0.2) is 0 Å². The average Bonchev–Trinajstić information content (AvgIpc) is 3.32. The third-order valence-corrected chi connectivity index (χ3v) is 11.9. The quantitative estimate of drug-likeness (QED) is 0.147. The Morgan fingerprint density at radius 2 is 0.644 bits per heavy atom. The van der Waals surface area contributed by atoms with Gasteiger partial charge >= 0.3 is 0 Å². The molecule has 0 unspecified atom stereocenters. The van der Waals surface area contributed by atoms with Crippen molar-refractivity contribution in [2.75, 3.05) is 4.90 Å². The van der Waals surface area contributed by atoms with Crippen molar-refractivity contribution in [3.63, 3.8) is 0 Å². The molecule has 0 saturated heterocycles. The van der Waals surface area contributed by atoms with E-state index in [1.54, 1.807) is 0 Å². The minimum atomic E-state index is 1.09. The average molecular weight is 750 g/mol. The summed E-state index contributed by atoms with van der Waals surface area (Å²) in [5, 5.41) is 9.93. The molecular formula is C58H39N. The normalized spacial score (nSPS) is 11.4. The molecule has 0 aliphatic heterocycles. The predicted octanol–water partition coefficient (Wildman–Crippen LogP) is 16.4. The topological polar surface area (TPSA) is 3.24 Å². The molecule has 0 N–H and O–H groups in total. The Hall–Kier alpha value is -7.74. The second-order valence-electron chi connectivity index (χ2n) is 15.3. The van der Waals surface area contributed by atoms with Crippen LogP contribution >= 0.6 is 0 Å². The van der Waals surface area contributed by atoms with E-state index < -0.39 is 0 Å². The van der Waals surface area contributed by atoms with E-state index in [1.807, 2.05) is 0 Å². The van der Waals surface area contributed by atoms with Crippen LogP contribution in [0.5, 0.6) is 0 Å². The molecule has 11 aromatic carbocycles. The molecule has 0 aromatic heterocycles. The van der Waals surface area contributed by atoms with Crippen molar-refractivity contribution >= 4 is 60.2 Å².